The Labute approximate surface area is 71.7 Å². The molecule has 1 rings (SSSR count). The van der Waals surface area contributed by atoms with Crippen LogP contribution in [0.4, 0.5) is 0 Å². The van der Waals surface area contributed by atoms with Crippen LogP contribution >= 0.6 is 11.3 Å². The van der Waals surface area contributed by atoms with Crippen LogP contribution < -0.4 is 0 Å². The van der Waals surface area contributed by atoms with Crippen molar-refractivity contribution in [2.24, 2.45) is 5.92 Å². The van der Waals surface area contributed by atoms with Crippen LogP contribution in [0.15, 0.2) is 0 Å². The van der Waals surface area contributed by atoms with Gasteiger partial charge in [-0.3, -0.25) is 0 Å². The van der Waals surface area contributed by atoms with Crippen LogP contribution in [0.1, 0.15) is 30.3 Å². The van der Waals surface area contributed by atoms with Crippen molar-refractivity contribution in [1.29, 1.82) is 0 Å². The minimum atomic E-state index is 0.738. The smallest absolute Gasteiger partial charge is 0.117 e. The quantitative estimate of drug-likeness (QED) is 0.696. The van der Waals surface area contributed by atoms with Crippen molar-refractivity contribution in [3.05, 3.63) is 10.0 Å². The van der Waals surface area contributed by atoms with Gasteiger partial charge in [-0.05, 0) is 12.8 Å². The molecule has 0 saturated carbocycles. The molecule has 0 radical (unpaired) electrons. The van der Waals surface area contributed by atoms with E-state index < -0.39 is 0 Å². The Bertz CT molecular complexity index is 220. The summed E-state index contributed by atoms with van der Waals surface area (Å²) in [7, 11) is 0. The summed E-state index contributed by atoms with van der Waals surface area (Å²) in [6.45, 7) is 6.45. The largest absolute Gasteiger partial charge is 0.144 e. The predicted octanol–water partition coefficient (Wildman–Crippen LogP) is 2.44. The number of rotatable bonds is 3. The molecule has 0 N–H and O–H groups in total. The van der Waals surface area contributed by atoms with E-state index in [1.165, 1.54) is 11.4 Å². The summed E-state index contributed by atoms with van der Waals surface area (Å²) < 4.78 is 0. The second-order valence-electron chi connectivity index (χ2n) is 2.93. The Balaban J connectivity index is 2.50. The zero-order valence-electron chi connectivity index (χ0n) is 7.29. The zero-order chi connectivity index (χ0) is 8.27. The third kappa shape index (κ3) is 2.58. The van der Waals surface area contributed by atoms with Crippen molar-refractivity contribution >= 4 is 11.3 Å². The van der Waals surface area contributed by atoms with Gasteiger partial charge in [0.15, 0.2) is 0 Å². The summed E-state index contributed by atoms with van der Waals surface area (Å²) in [6, 6.07) is 0. The van der Waals surface area contributed by atoms with Gasteiger partial charge in [-0.1, -0.05) is 20.3 Å². The molecule has 0 fully saturated rings. The van der Waals surface area contributed by atoms with Crippen molar-refractivity contribution in [2.75, 3.05) is 0 Å². The van der Waals surface area contributed by atoms with Crippen LogP contribution in [0.5, 0.6) is 0 Å². The third-order valence-corrected chi connectivity index (χ3v) is 2.65. The highest BCUT2D eigenvalue weighted by Gasteiger charge is 2.04. The molecule has 11 heavy (non-hydrogen) atoms. The number of hydrogen-bond donors (Lipinski definition) is 0. The fourth-order valence-corrected chi connectivity index (χ4v) is 1.73. The highest BCUT2D eigenvalue weighted by atomic mass is 32.1. The minimum Gasteiger partial charge on any atom is -0.144 e. The zero-order valence-corrected chi connectivity index (χ0v) is 8.11. The topological polar surface area (TPSA) is 25.8 Å². The number of nitrogens with zero attached hydrogens (tertiary/aromatic N) is 2. The molecule has 0 spiro atoms. The van der Waals surface area contributed by atoms with E-state index in [1.54, 1.807) is 11.3 Å². The van der Waals surface area contributed by atoms with E-state index in [9.17, 15) is 0 Å². The average molecular weight is 170 g/mol. The average Bonchev–Trinajstić information content (AvgIpc) is 2.35. The summed E-state index contributed by atoms with van der Waals surface area (Å²) in [5, 5.41) is 10.3. The van der Waals surface area contributed by atoms with Gasteiger partial charge in [-0.25, -0.2) is 0 Å². The van der Waals surface area contributed by atoms with Gasteiger partial charge in [-0.2, -0.15) is 0 Å². The lowest BCUT2D eigenvalue weighted by Gasteiger charge is -2.02. The fraction of sp³-hybridized carbons (Fsp3) is 0.750. The summed E-state index contributed by atoms with van der Waals surface area (Å²) in [5.74, 6) is 0.738. The molecule has 1 aromatic rings. The Morgan fingerprint density at radius 1 is 1.45 bits per heavy atom. The Morgan fingerprint density at radius 2 is 2.18 bits per heavy atom. The van der Waals surface area contributed by atoms with Gasteiger partial charge in [0.25, 0.3) is 0 Å². The Hall–Kier alpha value is -0.440. The van der Waals surface area contributed by atoms with Gasteiger partial charge in [0.1, 0.15) is 10.0 Å². The van der Waals surface area contributed by atoms with E-state index in [0.717, 1.165) is 17.3 Å². The van der Waals surface area contributed by atoms with E-state index in [-0.39, 0.29) is 0 Å². The number of hydrogen-bond acceptors (Lipinski definition) is 3. The highest BCUT2D eigenvalue weighted by molar-refractivity contribution is 7.11. The SMILES string of the molecule is CCC(C)Cc1nnc(C)s1. The standard InChI is InChI=1S/C8H14N2S/c1-4-6(2)5-8-10-9-7(3)11-8/h6H,4-5H2,1-3H3. The molecule has 0 bridgehead atoms. The maximum Gasteiger partial charge on any atom is 0.117 e. The highest BCUT2D eigenvalue weighted by Crippen LogP contribution is 2.14. The number of aryl methyl sites for hydroxylation is 1. The van der Waals surface area contributed by atoms with Gasteiger partial charge >= 0.3 is 0 Å². The molecular weight excluding hydrogens is 156 g/mol. The summed E-state index contributed by atoms with van der Waals surface area (Å²) in [4.78, 5) is 0. The molecule has 1 aromatic heterocycles. The van der Waals surface area contributed by atoms with Gasteiger partial charge < -0.3 is 0 Å². The lowest BCUT2D eigenvalue weighted by Crippen LogP contribution is -1.96. The van der Waals surface area contributed by atoms with Crippen LogP contribution in [0.25, 0.3) is 0 Å². The van der Waals surface area contributed by atoms with Crippen LogP contribution in [0.3, 0.4) is 0 Å². The molecule has 2 nitrogen and oxygen atoms in total. The van der Waals surface area contributed by atoms with Crippen molar-refractivity contribution in [1.82, 2.24) is 10.2 Å². The Kier molecular flexibility index (Phi) is 3.00. The maximum atomic E-state index is 4.07. The Morgan fingerprint density at radius 3 is 2.64 bits per heavy atom. The summed E-state index contributed by atoms with van der Waals surface area (Å²) >= 11 is 1.71. The maximum absolute atomic E-state index is 4.07. The van der Waals surface area contributed by atoms with Crippen LogP contribution in [0.2, 0.25) is 0 Å². The van der Waals surface area contributed by atoms with Crippen LogP contribution in [0, 0.1) is 12.8 Å². The van der Waals surface area contributed by atoms with Gasteiger partial charge in [0, 0.05) is 6.42 Å². The summed E-state index contributed by atoms with van der Waals surface area (Å²) in [5.41, 5.74) is 0. The van der Waals surface area contributed by atoms with Crippen LogP contribution in [-0.2, 0) is 6.42 Å². The molecule has 1 atom stereocenters. The molecule has 1 unspecified atom stereocenters. The molecule has 3 heteroatoms. The molecule has 0 saturated heterocycles. The van der Waals surface area contributed by atoms with Crippen molar-refractivity contribution in [3.63, 3.8) is 0 Å². The first-order valence-corrected chi connectivity index (χ1v) is 4.83. The molecule has 0 aliphatic carbocycles. The lowest BCUT2D eigenvalue weighted by molar-refractivity contribution is 0.556. The molecule has 0 amide bonds. The summed E-state index contributed by atoms with van der Waals surface area (Å²) in [6.07, 6.45) is 2.31. The monoisotopic (exact) mass is 170 g/mol. The molecule has 62 valence electrons. The van der Waals surface area contributed by atoms with Crippen molar-refractivity contribution < 1.29 is 0 Å². The fourth-order valence-electron chi connectivity index (χ4n) is 0.862. The predicted molar refractivity (Wildman–Crippen MR) is 47.8 cm³/mol. The minimum absolute atomic E-state index is 0.738. The van der Waals surface area contributed by atoms with E-state index in [4.69, 9.17) is 0 Å². The van der Waals surface area contributed by atoms with Crippen molar-refractivity contribution in [2.45, 2.75) is 33.6 Å². The van der Waals surface area contributed by atoms with Crippen molar-refractivity contribution in [3.8, 4) is 0 Å². The molecule has 0 aliphatic rings. The van der Waals surface area contributed by atoms with Crippen LogP contribution in [-0.4, -0.2) is 10.2 Å². The van der Waals surface area contributed by atoms with E-state index in [2.05, 4.69) is 24.0 Å². The van der Waals surface area contributed by atoms with Gasteiger partial charge in [0.05, 0.1) is 0 Å². The van der Waals surface area contributed by atoms with E-state index in [0.29, 0.717) is 0 Å². The first-order valence-electron chi connectivity index (χ1n) is 4.01. The molecule has 0 aliphatic heterocycles. The first kappa shape index (κ1) is 8.65. The third-order valence-electron chi connectivity index (χ3n) is 1.79. The molecule has 0 aromatic carbocycles. The second-order valence-corrected chi connectivity index (χ2v) is 4.20. The molecule has 1 heterocycles. The first-order chi connectivity index (χ1) is 5.22. The molecular formula is C8H14N2S. The van der Waals surface area contributed by atoms with Gasteiger partial charge in [0.2, 0.25) is 0 Å². The lowest BCUT2D eigenvalue weighted by atomic mass is 10.1. The van der Waals surface area contributed by atoms with E-state index in [1.807, 2.05) is 6.92 Å². The number of aromatic nitrogens is 2. The normalized spacial score (nSPS) is 13.4. The van der Waals surface area contributed by atoms with E-state index >= 15 is 0 Å². The van der Waals surface area contributed by atoms with Gasteiger partial charge in [-0.15, -0.1) is 21.5 Å². The second kappa shape index (κ2) is 3.81.